The first kappa shape index (κ1) is 25.4. The molecule has 5 rings (SSSR count). The zero-order valence-corrected chi connectivity index (χ0v) is 22.4. The van der Waals surface area contributed by atoms with Crippen molar-refractivity contribution in [1.82, 2.24) is 0 Å². The van der Waals surface area contributed by atoms with Crippen LogP contribution < -0.4 is 4.90 Å². The second-order valence-electron chi connectivity index (χ2n) is 11.0. The number of hydrogen-bond donors (Lipinski definition) is 1. The molecule has 2 aromatic carbocycles. The third-order valence-electron chi connectivity index (χ3n) is 8.24. The third-order valence-corrected chi connectivity index (χ3v) is 8.24. The van der Waals surface area contributed by atoms with E-state index in [1.54, 1.807) is 0 Å². The lowest BCUT2D eigenvalue weighted by molar-refractivity contribution is -0.401. The number of fused-ring (bicyclic) bond motifs is 2. The Bertz CT molecular complexity index is 1570. The van der Waals surface area contributed by atoms with E-state index in [2.05, 4.69) is 62.6 Å². The number of nitriles is 2. The second kappa shape index (κ2) is 8.94. The van der Waals surface area contributed by atoms with Crippen LogP contribution in [0.4, 0.5) is 11.4 Å². The zero-order chi connectivity index (χ0) is 27.4. The summed E-state index contributed by atoms with van der Waals surface area (Å²) >= 11 is 0. The molecule has 0 bridgehead atoms. The zero-order valence-electron chi connectivity index (χ0n) is 22.4. The van der Waals surface area contributed by atoms with Crippen molar-refractivity contribution in [3.05, 3.63) is 94.2 Å². The highest BCUT2D eigenvalue weighted by molar-refractivity contribution is 6.25. The van der Waals surface area contributed by atoms with E-state index in [0.717, 1.165) is 33.9 Å². The van der Waals surface area contributed by atoms with Gasteiger partial charge in [-0.1, -0.05) is 50.2 Å². The minimum Gasteiger partial charge on any atom is -0.395 e. The fourth-order valence-electron chi connectivity index (χ4n) is 6.20. The van der Waals surface area contributed by atoms with Crippen molar-refractivity contribution < 1.29 is 14.5 Å². The highest BCUT2D eigenvalue weighted by Gasteiger charge is 2.47. The largest absolute Gasteiger partial charge is 0.395 e. The van der Waals surface area contributed by atoms with E-state index in [4.69, 9.17) is 0 Å². The number of hydrogen-bond acceptors (Lipinski definition) is 5. The van der Waals surface area contributed by atoms with Crippen molar-refractivity contribution in [2.75, 3.05) is 25.1 Å². The minimum atomic E-state index is -1.07. The highest BCUT2D eigenvalue weighted by Crippen LogP contribution is 2.49. The predicted octanol–water partition coefficient (Wildman–Crippen LogP) is 4.84. The minimum absolute atomic E-state index is 0.0495. The van der Waals surface area contributed by atoms with Crippen LogP contribution in [-0.2, 0) is 15.6 Å². The van der Waals surface area contributed by atoms with Crippen molar-refractivity contribution in [1.29, 1.82) is 10.5 Å². The van der Waals surface area contributed by atoms with Crippen LogP contribution in [-0.4, -0.2) is 41.4 Å². The van der Waals surface area contributed by atoms with Crippen LogP contribution in [0, 0.1) is 28.6 Å². The van der Waals surface area contributed by atoms with Crippen molar-refractivity contribution in [2.45, 2.75) is 38.5 Å². The molecule has 0 amide bonds. The maximum absolute atomic E-state index is 13.7. The number of para-hydroxylation sites is 2. The number of nitrogens with zero attached hydrogens (tertiary/aromatic N) is 4. The van der Waals surface area contributed by atoms with Crippen molar-refractivity contribution in [3.8, 4) is 12.1 Å². The van der Waals surface area contributed by atoms with E-state index in [1.165, 1.54) is 0 Å². The first-order chi connectivity index (χ1) is 18.1. The Balaban J connectivity index is 1.68. The van der Waals surface area contributed by atoms with Gasteiger partial charge in [-0.05, 0) is 31.6 Å². The Hall–Kier alpha value is -4.26. The summed E-state index contributed by atoms with van der Waals surface area (Å²) in [7, 11) is 1.98. The van der Waals surface area contributed by atoms with E-state index in [-0.39, 0.29) is 17.8 Å². The molecule has 0 radical (unpaired) electrons. The third kappa shape index (κ3) is 3.49. The van der Waals surface area contributed by atoms with Crippen LogP contribution in [0.5, 0.6) is 0 Å². The number of allylic oxidation sites excluding steroid dienone is 6. The molecule has 0 atom stereocenters. The number of aliphatic hydroxyl groups excluding tert-OH is 1. The molecule has 1 N–H and O–H groups in total. The molecule has 0 unspecified atom stereocenters. The molecule has 0 aromatic heterocycles. The van der Waals surface area contributed by atoms with E-state index in [9.17, 15) is 20.4 Å². The van der Waals surface area contributed by atoms with E-state index in [1.807, 2.05) is 54.4 Å². The van der Waals surface area contributed by atoms with Crippen LogP contribution in [0.1, 0.15) is 38.8 Å². The van der Waals surface area contributed by atoms with Gasteiger partial charge in [0.1, 0.15) is 7.05 Å². The average molecular weight is 504 g/mol. The molecule has 190 valence electrons. The molecule has 0 spiro atoms. The van der Waals surface area contributed by atoms with Gasteiger partial charge >= 0.3 is 0 Å². The number of β-amino-alcohol motifs (C(OH)–C–C–N with tert-alkyl or cyclic N) is 1. The molecule has 6 heteroatoms. The summed E-state index contributed by atoms with van der Waals surface area (Å²) in [4.78, 5) is 15.8. The first-order valence-electron chi connectivity index (χ1n) is 12.8. The summed E-state index contributed by atoms with van der Waals surface area (Å²) in [5, 5.41) is 29.5. The number of anilines is 1. The molecule has 2 aliphatic heterocycles. The molecule has 6 nitrogen and oxygen atoms in total. The maximum atomic E-state index is 13.7. The predicted molar refractivity (Wildman–Crippen MR) is 147 cm³/mol. The van der Waals surface area contributed by atoms with Crippen LogP contribution in [0.15, 0.2) is 83.1 Å². The quantitative estimate of drug-likeness (QED) is 0.466. The smallest absolute Gasteiger partial charge is 0.209 e. The Morgan fingerprint density at radius 1 is 0.974 bits per heavy atom. The Morgan fingerprint density at radius 3 is 2.24 bits per heavy atom. The summed E-state index contributed by atoms with van der Waals surface area (Å²) in [6.07, 6.45) is 3.69. The summed E-state index contributed by atoms with van der Waals surface area (Å²) < 4.78 is 2.08. The van der Waals surface area contributed by atoms with Gasteiger partial charge in [-0.3, -0.25) is 4.79 Å². The Kier molecular flexibility index (Phi) is 5.97. The van der Waals surface area contributed by atoms with Gasteiger partial charge in [0.2, 0.25) is 5.69 Å². The van der Waals surface area contributed by atoms with Gasteiger partial charge < -0.3 is 10.0 Å². The van der Waals surface area contributed by atoms with Gasteiger partial charge in [0.15, 0.2) is 17.4 Å². The van der Waals surface area contributed by atoms with Gasteiger partial charge in [0.05, 0.1) is 24.2 Å². The highest BCUT2D eigenvalue weighted by atomic mass is 16.3. The van der Waals surface area contributed by atoms with Gasteiger partial charge in [-0.15, -0.1) is 0 Å². The number of carbonyl (C=O) groups excluding carboxylic acids is 1. The number of benzene rings is 2. The Morgan fingerprint density at radius 2 is 1.61 bits per heavy atom. The molecular formula is C32H31N4O2+. The topological polar surface area (TPSA) is 91.1 Å². The Labute approximate surface area is 223 Å². The lowest BCUT2D eigenvalue weighted by Gasteiger charge is -2.30. The monoisotopic (exact) mass is 503 g/mol. The van der Waals surface area contributed by atoms with E-state index >= 15 is 0 Å². The maximum Gasteiger partial charge on any atom is 0.209 e. The number of carbonyl (C=O) groups is 1. The molecule has 0 saturated heterocycles. The van der Waals surface area contributed by atoms with E-state index < -0.39 is 11.3 Å². The number of Topliss-reactive ketones (excluding diaryl/α,β-unsaturated/α-hetero) is 1. The number of rotatable bonds is 5. The van der Waals surface area contributed by atoms with Crippen LogP contribution in [0.3, 0.4) is 0 Å². The first-order valence-corrected chi connectivity index (χ1v) is 12.8. The summed E-state index contributed by atoms with van der Waals surface area (Å²) in [5.41, 5.74) is 6.62. The SMILES string of the molecule is C[N+]1=C(C=C2C(=O)C(C=C3N(CCO)c4ccccc4C3(C)C)=C2C(C#N)C#N)C(C)(C)c2ccccc21. The summed E-state index contributed by atoms with van der Waals surface area (Å²) in [6.45, 7) is 8.74. The molecular weight excluding hydrogens is 472 g/mol. The van der Waals surface area contributed by atoms with Gasteiger partial charge in [0.25, 0.3) is 0 Å². The lowest BCUT2D eigenvalue weighted by Crippen LogP contribution is -2.33. The van der Waals surface area contributed by atoms with Crippen LogP contribution >= 0.6 is 0 Å². The molecule has 3 aliphatic rings. The molecule has 2 heterocycles. The van der Waals surface area contributed by atoms with E-state index in [0.29, 0.717) is 23.3 Å². The van der Waals surface area contributed by atoms with Crippen LogP contribution in [0.2, 0.25) is 0 Å². The second-order valence-corrected chi connectivity index (χ2v) is 11.0. The van der Waals surface area contributed by atoms with Crippen molar-refractivity contribution in [2.24, 2.45) is 5.92 Å². The number of aliphatic hydroxyl groups is 1. The molecule has 2 aromatic rings. The van der Waals surface area contributed by atoms with Crippen molar-refractivity contribution >= 4 is 22.9 Å². The standard InChI is InChI=1S/C32H31N4O2/c1-31(2)23-10-6-8-12-25(23)35(5)27(31)16-21-29(20(18-33)19-34)22(30(21)38)17-28-32(3,4)24-11-7-9-13-26(24)36(28)14-15-37/h6-13,16-17,20,37H,14-15H2,1-5H3/q+1. The lowest BCUT2D eigenvalue weighted by atomic mass is 9.71. The molecule has 38 heavy (non-hydrogen) atoms. The van der Waals surface area contributed by atoms with Gasteiger partial charge in [0, 0.05) is 57.8 Å². The molecule has 0 saturated carbocycles. The fraction of sp³-hybridized carbons (Fsp3) is 0.312. The summed E-state index contributed by atoms with van der Waals surface area (Å²) in [5.74, 6) is -1.24. The fourth-order valence-corrected chi connectivity index (χ4v) is 6.20. The molecule has 0 fully saturated rings. The number of ketones is 1. The van der Waals surface area contributed by atoms with Gasteiger partial charge in [-0.25, -0.2) is 0 Å². The summed E-state index contributed by atoms with van der Waals surface area (Å²) in [6, 6.07) is 20.3. The van der Waals surface area contributed by atoms with Crippen molar-refractivity contribution in [3.63, 3.8) is 0 Å². The van der Waals surface area contributed by atoms with Crippen LogP contribution in [0.25, 0.3) is 0 Å². The molecule has 1 aliphatic carbocycles. The normalized spacial score (nSPS) is 21.1. The van der Waals surface area contributed by atoms with Gasteiger partial charge in [-0.2, -0.15) is 15.1 Å². The average Bonchev–Trinajstić information content (AvgIpc) is 3.24.